The lowest BCUT2D eigenvalue weighted by atomic mass is 9.97. The molecule has 0 aliphatic carbocycles. The molecule has 0 saturated carbocycles. The van der Waals surface area contributed by atoms with E-state index in [0.29, 0.717) is 22.2 Å². The van der Waals surface area contributed by atoms with Crippen molar-refractivity contribution in [3.63, 3.8) is 0 Å². The Morgan fingerprint density at radius 2 is 1.45 bits per heavy atom. The molecule has 0 bridgehead atoms. The van der Waals surface area contributed by atoms with E-state index in [0.717, 1.165) is 23.3 Å². The largest absolute Gasteiger partial charge is 0.350 e. The van der Waals surface area contributed by atoms with E-state index in [1.807, 2.05) is 13.0 Å². The lowest BCUT2D eigenvalue weighted by Crippen LogP contribution is -2.33. The van der Waals surface area contributed by atoms with Crippen molar-refractivity contribution in [2.75, 3.05) is 10.2 Å². The summed E-state index contributed by atoms with van der Waals surface area (Å²) in [4.78, 5) is 27.2. The van der Waals surface area contributed by atoms with Gasteiger partial charge in [-0.25, -0.2) is 18.1 Å². The number of halogens is 3. The maximum atomic E-state index is 14.4. The minimum absolute atomic E-state index is 0.0514. The number of nitrogens with zero attached hydrogens (tertiary/aromatic N) is 1. The number of imide groups is 1. The summed E-state index contributed by atoms with van der Waals surface area (Å²) >= 11 is 0. The Balaban J connectivity index is 1.87. The molecule has 1 heterocycles. The fourth-order valence-corrected chi connectivity index (χ4v) is 3.55. The Morgan fingerprint density at radius 3 is 2.10 bits per heavy atom. The van der Waals surface area contributed by atoms with Gasteiger partial charge in [0.1, 0.15) is 23.1 Å². The molecule has 31 heavy (non-hydrogen) atoms. The van der Waals surface area contributed by atoms with Gasteiger partial charge in [-0.05, 0) is 61.4 Å². The molecular weight excluding hydrogens is 405 g/mol. The zero-order valence-electron chi connectivity index (χ0n) is 16.7. The maximum Gasteiger partial charge on any atom is 0.282 e. The number of amides is 2. The van der Waals surface area contributed by atoms with E-state index < -0.39 is 29.3 Å². The first kappa shape index (κ1) is 20.4. The Morgan fingerprint density at radius 1 is 0.774 bits per heavy atom. The summed E-state index contributed by atoms with van der Waals surface area (Å²) in [7, 11) is 0. The average Bonchev–Trinajstić information content (AvgIpc) is 2.94. The number of rotatable bonds is 4. The molecule has 0 fully saturated rings. The van der Waals surface area contributed by atoms with Crippen LogP contribution in [0.4, 0.5) is 24.5 Å². The van der Waals surface area contributed by atoms with Crippen LogP contribution in [0, 0.1) is 31.3 Å². The van der Waals surface area contributed by atoms with E-state index in [-0.39, 0.29) is 17.0 Å². The van der Waals surface area contributed by atoms with Gasteiger partial charge >= 0.3 is 0 Å². The third-order valence-electron chi connectivity index (χ3n) is 5.00. The molecule has 2 amide bonds. The number of benzene rings is 3. The van der Waals surface area contributed by atoms with Crippen molar-refractivity contribution in [1.29, 1.82) is 0 Å². The molecule has 3 aromatic carbocycles. The third kappa shape index (κ3) is 3.70. The highest BCUT2D eigenvalue weighted by molar-refractivity contribution is 6.46. The summed E-state index contributed by atoms with van der Waals surface area (Å²) in [6, 6.07) is 13.2. The van der Waals surface area contributed by atoms with Crippen LogP contribution in [0.5, 0.6) is 0 Å². The molecular formula is C24H17F3N2O2. The Kier molecular flexibility index (Phi) is 5.10. The molecule has 0 saturated heterocycles. The quantitative estimate of drug-likeness (QED) is 0.594. The predicted octanol–water partition coefficient (Wildman–Crippen LogP) is 5.12. The van der Waals surface area contributed by atoms with Gasteiger partial charge in [0, 0.05) is 11.8 Å². The molecule has 0 unspecified atom stereocenters. The van der Waals surface area contributed by atoms with Crippen molar-refractivity contribution in [1.82, 2.24) is 0 Å². The van der Waals surface area contributed by atoms with Crippen LogP contribution in [0.15, 0.2) is 66.4 Å². The zero-order valence-corrected chi connectivity index (χ0v) is 16.7. The van der Waals surface area contributed by atoms with Crippen molar-refractivity contribution in [3.05, 3.63) is 101 Å². The number of anilines is 2. The highest BCUT2D eigenvalue weighted by Gasteiger charge is 2.41. The Hall–Kier alpha value is -3.87. The summed E-state index contributed by atoms with van der Waals surface area (Å²) in [6.07, 6.45) is 0. The number of nitrogens with one attached hydrogen (secondary N) is 1. The SMILES string of the molecule is Cc1ccc(C2=C(Nc3ccc(F)cc3)C(=O)N(c3ccc(F)cc3F)C2=O)c(C)c1. The first-order chi connectivity index (χ1) is 14.8. The normalized spacial score (nSPS) is 13.9. The number of carbonyl (C=O) groups is 2. The van der Waals surface area contributed by atoms with E-state index in [2.05, 4.69) is 5.32 Å². The van der Waals surface area contributed by atoms with E-state index in [9.17, 15) is 22.8 Å². The monoisotopic (exact) mass is 422 g/mol. The molecule has 7 heteroatoms. The number of hydrogen-bond donors (Lipinski definition) is 1. The van der Waals surface area contributed by atoms with Gasteiger partial charge in [0.05, 0.1) is 11.3 Å². The third-order valence-corrected chi connectivity index (χ3v) is 5.00. The highest BCUT2D eigenvalue weighted by atomic mass is 19.1. The molecule has 156 valence electrons. The number of hydrogen-bond acceptors (Lipinski definition) is 3. The summed E-state index contributed by atoms with van der Waals surface area (Å²) in [6.45, 7) is 3.69. The van der Waals surface area contributed by atoms with Gasteiger partial charge in [0.2, 0.25) is 0 Å². The van der Waals surface area contributed by atoms with Crippen LogP contribution in [0.2, 0.25) is 0 Å². The summed E-state index contributed by atoms with van der Waals surface area (Å²) in [5.74, 6) is -3.86. The van der Waals surface area contributed by atoms with Gasteiger partial charge < -0.3 is 5.32 Å². The van der Waals surface area contributed by atoms with Gasteiger partial charge in [0.25, 0.3) is 11.8 Å². The molecule has 1 N–H and O–H groups in total. The molecule has 4 nitrogen and oxygen atoms in total. The molecule has 4 rings (SSSR count). The Labute approximate surface area is 176 Å². The van der Waals surface area contributed by atoms with Gasteiger partial charge in [0.15, 0.2) is 0 Å². The Bertz CT molecular complexity index is 1250. The van der Waals surface area contributed by atoms with Crippen LogP contribution >= 0.6 is 0 Å². The first-order valence-corrected chi connectivity index (χ1v) is 9.44. The van der Waals surface area contributed by atoms with Crippen LogP contribution in [-0.2, 0) is 9.59 Å². The second kappa shape index (κ2) is 7.75. The topological polar surface area (TPSA) is 49.4 Å². The maximum absolute atomic E-state index is 14.4. The predicted molar refractivity (Wildman–Crippen MR) is 112 cm³/mol. The minimum Gasteiger partial charge on any atom is -0.350 e. The molecule has 0 atom stereocenters. The molecule has 0 spiro atoms. The average molecular weight is 422 g/mol. The van der Waals surface area contributed by atoms with Crippen molar-refractivity contribution in [2.45, 2.75) is 13.8 Å². The lowest BCUT2D eigenvalue weighted by molar-refractivity contribution is -0.120. The molecule has 1 aliphatic rings. The van der Waals surface area contributed by atoms with Gasteiger partial charge in [-0.1, -0.05) is 23.8 Å². The summed E-state index contributed by atoms with van der Waals surface area (Å²) in [5, 5.41) is 2.87. The molecule has 1 aliphatic heterocycles. The van der Waals surface area contributed by atoms with Crippen molar-refractivity contribution in [2.24, 2.45) is 0 Å². The highest BCUT2D eigenvalue weighted by Crippen LogP contribution is 2.36. The van der Waals surface area contributed by atoms with E-state index >= 15 is 0 Å². The van der Waals surface area contributed by atoms with Crippen molar-refractivity contribution >= 4 is 28.8 Å². The van der Waals surface area contributed by atoms with Gasteiger partial charge in [-0.3, -0.25) is 9.59 Å². The van der Waals surface area contributed by atoms with Crippen LogP contribution in [-0.4, -0.2) is 11.8 Å². The lowest BCUT2D eigenvalue weighted by Gasteiger charge is -2.16. The fourth-order valence-electron chi connectivity index (χ4n) is 3.55. The summed E-state index contributed by atoms with van der Waals surface area (Å²) < 4.78 is 41.1. The molecule has 0 radical (unpaired) electrons. The molecule has 0 aromatic heterocycles. The van der Waals surface area contributed by atoms with Crippen molar-refractivity contribution < 1.29 is 22.8 Å². The van der Waals surface area contributed by atoms with E-state index in [1.165, 1.54) is 24.3 Å². The van der Waals surface area contributed by atoms with Crippen LogP contribution < -0.4 is 10.2 Å². The zero-order chi connectivity index (χ0) is 22.3. The van der Waals surface area contributed by atoms with Crippen LogP contribution in [0.1, 0.15) is 16.7 Å². The van der Waals surface area contributed by atoms with Crippen molar-refractivity contribution in [3.8, 4) is 0 Å². The standard InChI is InChI=1S/C24H17F3N2O2/c1-13-3-9-18(14(2)11-13)21-22(28-17-7-4-15(25)5-8-17)24(31)29(23(21)30)20-10-6-16(26)12-19(20)27/h3-12,28H,1-2H3. The van der Waals surface area contributed by atoms with Crippen LogP contribution in [0.25, 0.3) is 5.57 Å². The second-order valence-corrected chi connectivity index (χ2v) is 7.24. The summed E-state index contributed by atoms with van der Waals surface area (Å²) in [5.41, 5.74) is 2.21. The molecule has 3 aromatic rings. The minimum atomic E-state index is -1.04. The fraction of sp³-hybridized carbons (Fsp3) is 0.0833. The second-order valence-electron chi connectivity index (χ2n) is 7.24. The first-order valence-electron chi connectivity index (χ1n) is 9.44. The van der Waals surface area contributed by atoms with Gasteiger partial charge in [-0.2, -0.15) is 0 Å². The number of aryl methyl sites for hydroxylation is 2. The van der Waals surface area contributed by atoms with Crippen LogP contribution in [0.3, 0.4) is 0 Å². The van der Waals surface area contributed by atoms with E-state index in [4.69, 9.17) is 0 Å². The van der Waals surface area contributed by atoms with E-state index in [1.54, 1.807) is 19.1 Å². The smallest absolute Gasteiger partial charge is 0.282 e. The number of carbonyl (C=O) groups excluding carboxylic acids is 2. The van der Waals surface area contributed by atoms with Gasteiger partial charge in [-0.15, -0.1) is 0 Å².